The van der Waals surface area contributed by atoms with E-state index in [-0.39, 0.29) is 29.9 Å². The summed E-state index contributed by atoms with van der Waals surface area (Å²) in [5.41, 5.74) is 3.14. The van der Waals surface area contributed by atoms with Gasteiger partial charge < -0.3 is 33.8 Å². The van der Waals surface area contributed by atoms with Gasteiger partial charge in [0.15, 0.2) is 0 Å². The van der Waals surface area contributed by atoms with E-state index in [4.69, 9.17) is 0 Å². The van der Waals surface area contributed by atoms with Crippen LogP contribution >= 0.6 is 15.9 Å². The van der Waals surface area contributed by atoms with Crippen LogP contribution < -0.4 is 29.3 Å². The fraction of sp³-hybridized carbons (Fsp3) is 0.375. The molecule has 156 valence electrons. The van der Waals surface area contributed by atoms with Gasteiger partial charge >= 0.3 is 0 Å². The first-order valence-corrected chi connectivity index (χ1v) is 10.9. The molecule has 0 atom stereocenters. The summed E-state index contributed by atoms with van der Waals surface area (Å²) in [4.78, 5) is 12.2. The molecule has 0 unspecified atom stereocenters. The summed E-state index contributed by atoms with van der Waals surface area (Å²) in [6.07, 6.45) is 10.2. The minimum atomic E-state index is -0.119. The van der Waals surface area contributed by atoms with Gasteiger partial charge in [0.2, 0.25) is 5.91 Å². The van der Waals surface area contributed by atoms with Gasteiger partial charge in [-0.05, 0) is 61.6 Å². The van der Waals surface area contributed by atoms with Crippen molar-refractivity contribution in [3.63, 3.8) is 0 Å². The number of rotatable bonds is 6. The molecule has 0 bridgehead atoms. The van der Waals surface area contributed by atoms with Crippen LogP contribution in [0.4, 0.5) is 5.69 Å². The average Bonchev–Trinajstić information content (AvgIpc) is 2.68. The van der Waals surface area contributed by atoms with E-state index >= 15 is 0 Å². The predicted octanol–water partition coefficient (Wildman–Crippen LogP) is 3.01. The number of nitrogens with zero attached hydrogens (tertiary/aromatic N) is 1. The molecule has 0 saturated heterocycles. The van der Waals surface area contributed by atoms with Crippen LogP contribution in [-0.4, -0.2) is 30.5 Å². The molecule has 0 heterocycles. The smallest absolute Gasteiger partial charge is 0.248 e. The third-order valence-electron chi connectivity index (χ3n) is 5.65. The Morgan fingerprint density at radius 2 is 1.79 bits per heavy atom. The molecule has 3 rings (SSSR count). The Balaban J connectivity index is 0.00000300. The van der Waals surface area contributed by atoms with Crippen molar-refractivity contribution in [2.45, 2.75) is 44.7 Å². The Morgan fingerprint density at radius 1 is 1.10 bits per heavy atom. The van der Waals surface area contributed by atoms with Crippen LogP contribution in [0, 0.1) is 0 Å². The molecule has 5 heteroatoms. The van der Waals surface area contributed by atoms with E-state index in [2.05, 4.69) is 47.5 Å². The van der Waals surface area contributed by atoms with E-state index in [9.17, 15) is 4.79 Å². The maximum atomic E-state index is 12.2. The lowest BCUT2D eigenvalue weighted by Gasteiger charge is -2.40. The predicted molar refractivity (Wildman–Crippen MR) is 121 cm³/mol. The van der Waals surface area contributed by atoms with Crippen molar-refractivity contribution in [2.75, 3.05) is 19.4 Å². The van der Waals surface area contributed by atoms with Gasteiger partial charge in [-0.1, -0.05) is 46.6 Å². The highest BCUT2D eigenvalue weighted by Gasteiger charge is 2.29. The zero-order valence-electron chi connectivity index (χ0n) is 17.2. The van der Waals surface area contributed by atoms with Crippen molar-refractivity contribution in [2.24, 2.45) is 0 Å². The molecular formula is C24H30BrIN2O. The molecule has 0 aromatic heterocycles. The van der Waals surface area contributed by atoms with Crippen LogP contribution in [0.3, 0.4) is 0 Å². The molecule has 1 N–H and O–H groups in total. The lowest BCUT2D eigenvalue weighted by atomic mass is 9.92. The molecule has 1 aliphatic carbocycles. The highest BCUT2D eigenvalue weighted by Crippen LogP contribution is 2.27. The van der Waals surface area contributed by atoms with E-state index in [1.54, 1.807) is 6.08 Å². The molecule has 2 aromatic carbocycles. The highest BCUT2D eigenvalue weighted by atomic mass is 127. The zero-order valence-corrected chi connectivity index (χ0v) is 20.9. The summed E-state index contributed by atoms with van der Waals surface area (Å²) in [6.45, 7) is 1.03. The van der Waals surface area contributed by atoms with Crippen molar-refractivity contribution in [3.8, 4) is 0 Å². The summed E-state index contributed by atoms with van der Waals surface area (Å²) in [7, 11) is 4.69. The Morgan fingerprint density at radius 3 is 2.45 bits per heavy atom. The third-order valence-corrected chi connectivity index (χ3v) is 6.14. The minimum absolute atomic E-state index is 0. The first-order chi connectivity index (χ1) is 13.4. The van der Waals surface area contributed by atoms with Crippen molar-refractivity contribution in [1.29, 1.82) is 0 Å². The number of benzene rings is 2. The molecule has 1 fully saturated rings. The molecule has 0 spiro atoms. The van der Waals surface area contributed by atoms with Crippen LogP contribution in [0.5, 0.6) is 0 Å². The van der Waals surface area contributed by atoms with E-state index in [1.165, 1.54) is 37.7 Å². The SMILES string of the molecule is C[N+](C)(Cc1ccc(NC(=O)C=Cc2cccc(Br)c2)cc1)C1CCCCC1.[I-]. The summed E-state index contributed by atoms with van der Waals surface area (Å²) in [5, 5.41) is 2.94. The van der Waals surface area contributed by atoms with Gasteiger partial charge in [-0.3, -0.25) is 4.79 Å². The molecule has 29 heavy (non-hydrogen) atoms. The molecule has 2 aromatic rings. The Hall–Kier alpha value is -1.18. The first kappa shape index (κ1) is 24.1. The monoisotopic (exact) mass is 568 g/mol. The number of quaternary nitrogens is 1. The van der Waals surface area contributed by atoms with Crippen LogP contribution in [-0.2, 0) is 11.3 Å². The second-order valence-electron chi connectivity index (χ2n) is 8.30. The second kappa shape index (κ2) is 11.3. The van der Waals surface area contributed by atoms with E-state index < -0.39 is 0 Å². The number of halogens is 2. The Bertz CT molecular complexity index is 827. The van der Waals surface area contributed by atoms with Gasteiger partial charge in [-0.15, -0.1) is 0 Å². The van der Waals surface area contributed by atoms with E-state index in [0.29, 0.717) is 0 Å². The normalized spacial score (nSPS) is 15.1. The largest absolute Gasteiger partial charge is 1.00 e. The molecule has 1 aliphatic rings. The molecule has 1 saturated carbocycles. The molecule has 0 aliphatic heterocycles. The van der Waals surface area contributed by atoms with Crippen LogP contribution in [0.1, 0.15) is 43.2 Å². The van der Waals surface area contributed by atoms with Crippen molar-refractivity contribution in [1.82, 2.24) is 0 Å². The van der Waals surface area contributed by atoms with Crippen molar-refractivity contribution < 1.29 is 33.3 Å². The number of carbonyl (C=O) groups excluding carboxylic acids is 1. The number of nitrogens with one attached hydrogen (secondary N) is 1. The zero-order chi connectivity index (χ0) is 20.0. The fourth-order valence-corrected chi connectivity index (χ4v) is 4.46. The Labute approximate surface area is 200 Å². The summed E-state index contributed by atoms with van der Waals surface area (Å²) >= 11 is 3.44. The van der Waals surface area contributed by atoms with Crippen LogP contribution in [0.2, 0.25) is 0 Å². The lowest BCUT2D eigenvalue weighted by molar-refractivity contribution is -0.929. The maximum Gasteiger partial charge on any atom is 0.248 e. The summed E-state index contributed by atoms with van der Waals surface area (Å²) in [5.74, 6) is -0.119. The van der Waals surface area contributed by atoms with Crippen molar-refractivity contribution >= 4 is 33.6 Å². The quantitative estimate of drug-likeness (QED) is 0.324. The topological polar surface area (TPSA) is 29.1 Å². The highest BCUT2D eigenvalue weighted by molar-refractivity contribution is 9.10. The molecule has 0 radical (unpaired) electrons. The molecular weight excluding hydrogens is 539 g/mol. The summed E-state index contributed by atoms with van der Waals surface area (Å²) in [6, 6.07) is 16.9. The Kier molecular flexibility index (Phi) is 9.37. The number of carbonyl (C=O) groups is 1. The standard InChI is InChI=1S/C24H29BrN2O.HI/c1-27(2,23-9-4-3-5-10-23)18-20-11-14-22(15-12-20)26-24(28)16-13-19-7-6-8-21(25)17-19;/h6-8,11-17,23H,3-5,9-10,18H2,1-2H3;1H. The summed E-state index contributed by atoms with van der Waals surface area (Å²) < 4.78 is 2.04. The van der Waals surface area contributed by atoms with Crippen molar-refractivity contribution in [3.05, 3.63) is 70.2 Å². The van der Waals surface area contributed by atoms with Gasteiger partial charge in [0.1, 0.15) is 6.54 Å². The molecule has 1 amide bonds. The lowest BCUT2D eigenvalue weighted by Crippen LogP contribution is -3.00. The van der Waals surface area contributed by atoms with E-state index in [0.717, 1.165) is 32.8 Å². The van der Waals surface area contributed by atoms with Crippen LogP contribution in [0.15, 0.2) is 59.1 Å². The first-order valence-electron chi connectivity index (χ1n) is 10.1. The van der Waals surface area contributed by atoms with Gasteiger partial charge in [0, 0.05) is 21.8 Å². The average molecular weight is 569 g/mol. The number of amides is 1. The number of hydrogen-bond donors (Lipinski definition) is 1. The van der Waals surface area contributed by atoms with Crippen LogP contribution in [0.25, 0.3) is 6.08 Å². The molecule has 3 nitrogen and oxygen atoms in total. The second-order valence-corrected chi connectivity index (χ2v) is 9.22. The minimum Gasteiger partial charge on any atom is -1.00 e. The number of hydrogen-bond acceptors (Lipinski definition) is 1. The van der Waals surface area contributed by atoms with Gasteiger partial charge in [0.25, 0.3) is 0 Å². The maximum absolute atomic E-state index is 12.2. The van der Waals surface area contributed by atoms with E-state index in [1.807, 2.05) is 42.5 Å². The van der Waals surface area contributed by atoms with Gasteiger partial charge in [-0.25, -0.2) is 0 Å². The number of anilines is 1. The van der Waals surface area contributed by atoms with Gasteiger partial charge in [0.05, 0.1) is 20.1 Å². The third kappa shape index (κ3) is 7.54. The fourth-order valence-electron chi connectivity index (χ4n) is 4.04. The van der Waals surface area contributed by atoms with Gasteiger partial charge in [-0.2, -0.15) is 0 Å².